The van der Waals surface area contributed by atoms with E-state index >= 15 is 0 Å². The van der Waals surface area contributed by atoms with Gasteiger partial charge in [-0.3, -0.25) is 19.4 Å². The van der Waals surface area contributed by atoms with Crippen LogP contribution in [0.3, 0.4) is 0 Å². The summed E-state index contributed by atoms with van der Waals surface area (Å²) in [5.41, 5.74) is 2.77. The summed E-state index contributed by atoms with van der Waals surface area (Å²) in [6.45, 7) is 0.785. The molecule has 13 heteroatoms. The molecule has 0 spiro atoms. The number of anilines is 1. The normalized spacial score (nSPS) is 17.9. The number of hydrogen-bond acceptors (Lipinski definition) is 7. The van der Waals surface area contributed by atoms with Gasteiger partial charge < -0.3 is 14.6 Å². The topological polar surface area (TPSA) is 140 Å². The molecule has 1 amide bonds. The number of hydrogen-bond donors (Lipinski definition) is 2. The molecule has 6 rings (SSSR count). The van der Waals surface area contributed by atoms with Crippen molar-refractivity contribution < 1.29 is 18.3 Å². The number of benzene rings is 1. The first-order valence-corrected chi connectivity index (χ1v) is 14.0. The van der Waals surface area contributed by atoms with Gasteiger partial charge in [0.05, 0.1) is 17.8 Å². The molecule has 3 N–H and O–H groups in total. The van der Waals surface area contributed by atoms with Gasteiger partial charge in [0.1, 0.15) is 16.2 Å². The monoisotopic (exact) mass is 555 g/mol. The van der Waals surface area contributed by atoms with Crippen LogP contribution in [-0.4, -0.2) is 63.6 Å². The number of carbonyl (C=O) groups excluding carboxylic acids is 1. The Morgan fingerprint density at radius 2 is 1.95 bits per heavy atom. The van der Waals surface area contributed by atoms with Crippen LogP contribution in [0.2, 0.25) is 5.02 Å². The lowest BCUT2D eigenvalue weighted by atomic mass is 10.1. The van der Waals surface area contributed by atoms with E-state index in [0.717, 1.165) is 29.3 Å². The van der Waals surface area contributed by atoms with Gasteiger partial charge in [0.2, 0.25) is 16.4 Å². The van der Waals surface area contributed by atoms with Gasteiger partial charge in [0, 0.05) is 43.4 Å². The van der Waals surface area contributed by atoms with Crippen LogP contribution >= 0.6 is 11.6 Å². The number of nitrogens with two attached hydrogens (primary N) is 1. The van der Waals surface area contributed by atoms with Crippen LogP contribution in [0.4, 0.5) is 5.82 Å². The van der Waals surface area contributed by atoms with E-state index in [1.807, 2.05) is 18.2 Å². The fraction of sp³-hybridized carbons (Fsp3) is 0.320. The van der Waals surface area contributed by atoms with Crippen LogP contribution < -0.4 is 10.0 Å². The molecule has 1 saturated carbocycles. The highest BCUT2D eigenvalue weighted by molar-refractivity contribution is 7.89. The molecule has 0 saturated heterocycles. The summed E-state index contributed by atoms with van der Waals surface area (Å²) in [5, 5.41) is 22.6. The van der Waals surface area contributed by atoms with Crippen LogP contribution in [0.1, 0.15) is 28.8 Å². The van der Waals surface area contributed by atoms with E-state index in [0.29, 0.717) is 34.7 Å². The van der Waals surface area contributed by atoms with Crippen LogP contribution in [-0.2, 0) is 23.6 Å². The first-order valence-electron chi connectivity index (χ1n) is 12.1. The zero-order chi connectivity index (χ0) is 26.9. The number of aliphatic hydroxyl groups is 1. The summed E-state index contributed by atoms with van der Waals surface area (Å²) in [6.07, 6.45) is 4.02. The number of aliphatic hydroxyl groups excluding tert-OH is 1. The predicted molar refractivity (Wildman–Crippen MR) is 142 cm³/mol. The molecular weight excluding hydrogens is 530 g/mol. The molecule has 198 valence electrons. The maximum atomic E-state index is 13.6. The number of aromatic nitrogens is 4. The fourth-order valence-electron chi connectivity index (χ4n) is 4.98. The number of fused-ring (bicyclic) bond motifs is 2. The molecule has 4 heterocycles. The fourth-order valence-corrected chi connectivity index (χ4v) is 5.73. The van der Waals surface area contributed by atoms with Crippen LogP contribution in [0.5, 0.6) is 0 Å². The summed E-state index contributed by atoms with van der Waals surface area (Å²) in [5.74, 6) is 0.349. The van der Waals surface area contributed by atoms with E-state index in [4.69, 9.17) is 21.8 Å². The standard InChI is InChI=1S/C25H26ClN7O4S/c1-30-13-17(38(27,36)37)10-20(30)22-21-23(32(11-14-3-4-14)25(35)31(2)24(21)34)29-33(22)12-15-7-8-28-19-6-5-16(26)9-18(15)19/h5-10,13-14,25,35H,3-4,11-12H2,1-2H3,(H2,27,36,37). The van der Waals surface area contributed by atoms with E-state index < -0.39 is 22.3 Å². The summed E-state index contributed by atoms with van der Waals surface area (Å²) >= 11 is 6.29. The first kappa shape index (κ1) is 24.9. The second-order valence-electron chi connectivity index (χ2n) is 9.91. The summed E-state index contributed by atoms with van der Waals surface area (Å²) in [4.78, 5) is 21.0. The summed E-state index contributed by atoms with van der Waals surface area (Å²) in [6, 6.07) is 8.72. The van der Waals surface area contributed by atoms with Gasteiger partial charge in [-0.15, -0.1) is 0 Å². The maximum absolute atomic E-state index is 13.6. The van der Waals surface area contributed by atoms with E-state index in [1.54, 1.807) is 33.5 Å². The average Bonchev–Trinajstić information content (AvgIpc) is 3.49. The van der Waals surface area contributed by atoms with Gasteiger partial charge in [-0.05, 0) is 54.7 Å². The molecule has 1 aliphatic heterocycles. The van der Waals surface area contributed by atoms with Crippen molar-refractivity contribution in [2.75, 3.05) is 18.5 Å². The lowest BCUT2D eigenvalue weighted by Crippen LogP contribution is -2.54. The van der Waals surface area contributed by atoms with Crippen molar-refractivity contribution in [1.29, 1.82) is 0 Å². The lowest BCUT2D eigenvalue weighted by Gasteiger charge is -2.38. The van der Waals surface area contributed by atoms with Crippen molar-refractivity contribution >= 4 is 44.3 Å². The quantitative estimate of drug-likeness (QED) is 0.372. The minimum Gasteiger partial charge on any atom is -0.356 e. The van der Waals surface area contributed by atoms with Gasteiger partial charge in [-0.2, -0.15) is 5.10 Å². The van der Waals surface area contributed by atoms with Crippen LogP contribution in [0.15, 0.2) is 47.6 Å². The Bertz CT molecular complexity index is 1710. The zero-order valence-corrected chi connectivity index (χ0v) is 22.3. The molecule has 4 aromatic rings. The second kappa shape index (κ2) is 8.80. The summed E-state index contributed by atoms with van der Waals surface area (Å²) in [7, 11) is -0.771. The molecule has 2 aliphatic rings. The van der Waals surface area contributed by atoms with Crippen molar-refractivity contribution in [3.8, 4) is 11.4 Å². The highest BCUT2D eigenvalue weighted by Crippen LogP contribution is 2.40. The molecule has 11 nitrogen and oxygen atoms in total. The van der Waals surface area contributed by atoms with Gasteiger partial charge in [-0.1, -0.05) is 11.6 Å². The lowest BCUT2D eigenvalue weighted by molar-refractivity contribution is 0.0130. The number of pyridine rings is 1. The Kier molecular flexibility index (Phi) is 5.76. The van der Waals surface area contributed by atoms with Crippen LogP contribution in [0, 0.1) is 5.92 Å². The van der Waals surface area contributed by atoms with Crippen molar-refractivity contribution in [1.82, 2.24) is 24.2 Å². The van der Waals surface area contributed by atoms with Crippen molar-refractivity contribution in [2.45, 2.75) is 30.6 Å². The second-order valence-corrected chi connectivity index (χ2v) is 11.9. The van der Waals surface area contributed by atoms with Crippen LogP contribution in [0.25, 0.3) is 22.3 Å². The highest BCUT2D eigenvalue weighted by Gasteiger charge is 2.42. The molecular formula is C25H26ClN7O4S. The Morgan fingerprint density at radius 3 is 2.63 bits per heavy atom. The van der Waals surface area contributed by atoms with Crippen molar-refractivity contribution in [3.05, 3.63) is 58.9 Å². The minimum absolute atomic E-state index is 0.0795. The number of rotatable bonds is 6. The molecule has 1 atom stereocenters. The third-order valence-electron chi connectivity index (χ3n) is 7.18. The van der Waals surface area contributed by atoms with Gasteiger partial charge in [0.15, 0.2) is 5.82 Å². The van der Waals surface area contributed by atoms with Gasteiger partial charge in [-0.25, -0.2) is 13.6 Å². The number of sulfonamides is 1. The predicted octanol–water partition coefficient (Wildman–Crippen LogP) is 2.36. The van der Waals surface area contributed by atoms with Crippen molar-refractivity contribution in [2.24, 2.45) is 18.1 Å². The Hall–Kier alpha value is -3.45. The molecule has 1 unspecified atom stereocenters. The number of nitrogens with zero attached hydrogens (tertiary/aromatic N) is 6. The Morgan fingerprint density at radius 1 is 1.18 bits per heavy atom. The average molecular weight is 556 g/mol. The summed E-state index contributed by atoms with van der Waals surface area (Å²) < 4.78 is 27.6. The number of carbonyl (C=O) groups is 1. The molecule has 0 bridgehead atoms. The highest BCUT2D eigenvalue weighted by atomic mass is 35.5. The zero-order valence-electron chi connectivity index (χ0n) is 20.7. The largest absolute Gasteiger partial charge is 0.356 e. The Balaban J connectivity index is 1.59. The number of amides is 1. The number of halogens is 1. The van der Waals surface area contributed by atoms with E-state index in [2.05, 4.69) is 4.98 Å². The maximum Gasteiger partial charge on any atom is 0.263 e. The SMILES string of the molecule is CN1C(=O)c2c(nn(Cc3ccnc4ccc(Cl)cc34)c2-c2cc(S(N)(=O)=O)cn2C)N(CC2CC2)C1O. The third kappa shape index (κ3) is 4.13. The van der Waals surface area contributed by atoms with E-state index in [9.17, 15) is 18.3 Å². The van der Waals surface area contributed by atoms with E-state index in [1.165, 1.54) is 24.2 Å². The van der Waals surface area contributed by atoms with Gasteiger partial charge >= 0.3 is 0 Å². The molecule has 1 aliphatic carbocycles. The smallest absolute Gasteiger partial charge is 0.263 e. The minimum atomic E-state index is -3.99. The molecule has 38 heavy (non-hydrogen) atoms. The third-order valence-corrected chi connectivity index (χ3v) is 8.30. The van der Waals surface area contributed by atoms with Crippen molar-refractivity contribution in [3.63, 3.8) is 0 Å². The molecule has 0 radical (unpaired) electrons. The molecule has 1 aromatic carbocycles. The molecule has 3 aromatic heterocycles. The first-order chi connectivity index (χ1) is 18.0. The number of aryl methyl sites for hydroxylation is 1. The van der Waals surface area contributed by atoms with E-state index in [-0.39, 0.29) is 17.0 Å². The molecule has 1 fully saturated rings. The number of primary sulfonamides is 1. The van der Waals surface area contributed by atoms with Gasteiger partial charge in [0.25, 0.3) is 5.91 Å². The Labute approximate surface area is 224 Å².